The Bertz CT molecular complexity index is 1080. The van der Waals surface area contributed by atoms with E-state index in [1.807, 2.05) is 25.1 Å². The number of para-hydroxylation sites is 1. The van der Waals surface area contributed by atoms with Gasteiger partial charge in [0.1, 0.15) is 24.2 Å². The number of carbonyl (C=O) groups excluding carboxylic acids is 1. The van der Waals surface area contributed by atoms with Crippen molar-refractivity contribution in [1.82, 2.24) is 0 Å². The van der Waals surface area contributed by atoms with Gasteiger partial charge in [-0.1, -0.05) is 37.6 Å². The van der Waals surface area contributed by atoms with Crippen LogP contribution in [0.2, 0.25) is 5.02 Å². The molecular formula is C23H21ClN2O3. The van der Waals surface area contributed by atoms with Crippen LogP contribution in [0.4, 0.5) is 5.69 Å². The molecule has 0 radical (unpaired) electrons. The maximum absolute atomic E-state index is 12.4. The van der Waals surface area contributed by atoms with Crippen LogP contribution >= 0.6 is 11.6 Å². The van der Waals surface area contributed by atoms with Crippen molar-refractivity contribution in [2.24, 2.45) is 0 Å². The molecule has 2 aromatic carbocycles. The van der Waals surface area contributed by atoms with Crippen molar-refractivity contribution < 1.29 is 13.9 Å². The molecule has 0 bridgehead atoms. The maximum atomic E-state index is 12.4. The summed E-state index contributed by atoms with van der Waals surface area (Å²) in [5, 5.41) is 12.5. The van der Waals surface area contributed by atoms with E-state index >= 15 is 0 Å². The zero-order valence-corrected chi connectivity index (χ0v) is 17.2. The normalized spacial score (nSPS) is 10.6. The van der Waals surface area contributed by atoms with Gasteiger partial charge in [-0.3, -0.25) is 4.79 Å². The first-order valence-corrected chi connectivity index (χ1v) is 9.59. The van der Waals surface area contributed by atoms with Crippen LogP contribution in [0.5, 0.6) is 5.75 Å². The molecule has 0 aliphatic heterocycles. The number of hydrogen-bond acceptors (Lipinski definition) is 4. The maximum Gasteiger partial charge on any atom is 0.291 e. The van der Waals surface area contributed by atoms with E-state index in [4.69, 9.17) is 26.0 Å². The number of anilines is 1. The molecule has 1 heterocycles. The number of amides is 1. The summed E-state index contributed by atoms with van der Waals surface area (Å²) < 4.78 is 11.6. The lowest BCUT2D eigenvalue weighted by molar-refractivity contribution is 0.0992. The number of nitrogens with one attached hydrogen (secondary N) is 1. The molecule has 148 valence electrons. The van der Waals surface area contributed by atoms with Crippen molar-refractivity contribution in [2.75, 3.05) is 5.32 Å². The predicted octanol–water partition coefficient (Wildman–Crippen LogP) is 6.07. The molecule has 1 aromatic heterocycles. The van der Waals surface area contributed by atoms with Gasteiger partial charge < -0.3 is 14.5 Å². The molecule has 6 heteroatoms. The van der Waals surface area contributed by atoms with Gasteiger partial charge in [-0.25, -0.2) is 0 Å². The summed E-state index contributed by atoms with van der Waals surface area (Å²) >= 11 is 6.23. The molecule has 5 nitrogen and oxygen atoms in total. The van der Waals surface area contributed by atoms with Gasteiger partial charge in [-0.15, -0.1) is 0 Å². The van der Waals surface area contributed by atoms with Crippen molar-refractivity contribution in [3.63, 3.8) is 0 Å². The fraction of sp³-hybridized carbons (Fsp3) is 0.217. The molecule has 0 spiro atoms. The monoisotopic (exact) mass is 408 g/mol. The number of furan rings is 1. The highest BCUT2D eigenvalue weighted by Crippen LogP contribution is 2.32. The van der Waals surface area contributed by atoms with Gasteiger partial charge in [-0.2, -0.15) is 5.26 Å². The minimum atomic E-state index is -0.427. The molecule has 0 saturated heterocycles. The summed E-state index contributed by atoms with van der Waals surface area (Å²) in [6.45, 7) is 6.25. The number of carbonyl (C=O) groups is 1. The van der Waals surface area contributed by atoms with Gasteiger partial charge in [0.25, 0.3) is 5.91 Å². The zero-order valence-electron chi connectivity index (χ0n) is 16.5. The number of nitrogens with zero attached hydrogens (tertiary/aromatic N) is 1. The van der Waals surface area contributed by atoms with Crippen molar-refractivity contribution in [1.29, 1.82) is 5.26 Å². The third kappa shape index (κ3) is 4.79. The van der Waals surface area contributed by atoms with E-state index in [-0.39, 0.29) is 18.3 Å². The van der Waals surface area contributed by atoms with Crippen LogP contribution in [0.1, 0.15) is 52.8 Å². The highest BCUT2D eigenvalue weighted by Gasteiger charge is 2.15. The lowest BCUT2D eigenvalue weighted by atomic mass is 10.0. The average Bonchev–Trinajstić information content (AvgIpc) is 3.18. The molecule has 3 rings (SSSR count). The summed E-state index contributed by atoms with van der Waals surface area (Å²) in [4.78, 5) is 12.4. The Hall–Kier alpha value is -3.23. The quantitative estimate of drug-likeness (QED) is 0.537. The van der Waals surface area contributed by atoms with Crippen molar-refractivity contribution in [2.45, 2.75) is 33.3 Å². The number of rotatable bonds is 6. The summed E-state index contributed by atoms with van der Waals surface area (Å²) in [6, 6.07) is 15.9. The first kappa shape index (κ1) is 20.5. The van der Waals surface area contributed by atoms with E-state index in [9.17, 15) is 4.79 Å². The minimum absolute atomic E-state index is 0.146. The highest BCUT2D eigenvalue weighted by atomic mass is 35.5. The minimum Gasteiger partial charge on any atom is -0.485 e. The van der Waals surface area contributed by atoms with Crippen molar-refractivity contribution in [3.05, 3.63) is 81.8 Å². The lowest BCUT2D eigenvalue weighted by Gasteiger charge is -2.15. The summed E-state index contributed by atoms with van der Waals surface area (Å²) in [7, 11) is 0. The Kier molecular flexibility index (Phi) is 6.26. The van der Waals surface area contributed by atoms with Crippen LogP contribution in [0.25, 0.3) is 0 Å². The van der Waals surface area contributed by atoms with Gasteiger partial charge in [0, 0.05) is 5.02 Å². The van der Waals surface area contributed by atoms with Crippen LogP contribution in [-0.4, -0.2) is 5.91 Å². The molecular weight excluding hydrogens is 388 g/mol. The third-order valence-corrected chi connectivity index (χ3v) is 4.87. The molecule has 0 saturated carbocycles. The smallest absolute Gasteiger partial charge is 0.291 e. The van der Waals surface area contributed by atoms with Crippen molar-refractivity contribution in [3.8, 4) is 11.8 Å². The summed E-state index contributed by atoms with van der Waals surface area (Å²) in [5.74, 6) is 1.23. The van der Waals surface area contributed by atoms with Gasteiger partial charge in [0.05, 0.1) is 11.3 Å². The largest absolute Gasteiger partial charge is 0.485 e. The number of nitriles is 1. The number of aryl methyl sites for hydroxylation is 1. The van der Waals surface area contributed by atoms with Crippen LogP contribution in [0.3, 0.4) is 0 Å². The topological polar surface area (TPSA) is 75.3 Å². The molecule has 3 aromatic rings. The molecule has 0 aliphatic carbocycles. The highest BCUT2D eigenvalue weighted by molar-refractivity contribution is 6.31. The first-order valence-electron chi connectivity index (χ1n) is 9.21. The predicted molar refractivity (Wildman–Crippen MR) is 112 cm³/mol. The first-order chi connectivity index (χ1) is 13.9. The van der Waals surface area contributed by atoms with Gasteiger partial charge >= 0.3 is 0 Å². The fourth-order valence-electron chi connectivity index (χ4n) is 2.85. The third-order valence-electron chi connectivity index (χ3n) is 4.46. The standard InChI is InChI=1S/C23H21ClN2O3/c1-14(2)18-11-19(24)15(3)10-22(18)28-13-17-8-9-21(29-17)23(27)26-20-7-5-4-6-16(20)12-25/h4-11,14H,13H2,1-3H3,(H,26,27). The molecule has 1 amide bonds. The van der Waals surface area contributed by atoms with Crippen molar-refractivity contribution >= 4 is 23.2 Å². The Morgan fingerprint density at radius 3 is 2.72 bits per heavy atom. The summed E-state index contributed by atoms with van der Waals surface area (Å²) in [5.41, 5.74) is 2.77. The molecule has 0 atom stereocenters. The van der Waals surface area contributed by atoms with Gasteiger partial charge in [-0.05, 0) is 60.4 Å². The summed E-state index contributed by atoms with van der Waals surface area (Å²) in [6.07, 6.45) is 0. The fourth-order valence-corrected chi connectivity index (χ4v) is 3.02. The second kappa shape index (κ2) is 8.85. The Labute approximate surface area is 174 Å². The van der Waals surface area contributed by atoms with E-state index < -0.39 is 5.91 Å². The van der Waals surface area contributed by atoms with E-state index in [1.165, 1.54) is 0 Å². The molecule has 0 aliphatic rings. The van der Waals surface area contributed by atoms with Crippen LogP contribution in [-0.2, 0) is 6.61 Å². The SMILES string of the molecule is Cc1cc(OCc2ccc(C(=O)Nc3ccccc3C#N)o2)c(C(C)C)cc1Cl. The van der Waals surface area contributed by atoms with Gasteiger partial charge in [0.2, 0.25) is 0 Å². The number of ether oxygens (including phenoxy) is 1. The Balaban J connectivity index is 1.71. The van der Waals surface area contributed by atoms with Crippen LogP contribution in [0.15, 0.2) is 52.9 Å². The molecule has 29 heavy (non-hydrogen) atoms. The van der Waals surface area contributed by atoms with Gasteiger partial charge in [0.15, 0.2) is 5.76 Å². The second-order valence-corrected chi connectivity index (χ2v) is 7.37. The average molecular weight is 409 g/mol. The number of benzene rings is 2. The van der Waals surface area contributed by atoms with Crippen LogP contribution < -0.4 is 10.1 Å². The molecule has 1 N–H and O–H groups in total. The Morgan fingerprint density at radius 2 is 2.00 bits per heavy atom. The van der Waals surface area contributed by atoms with E-state index in [0.717, 1.165) is 16.9 Å². The zero-order chi connectivity index (χ0) is 21.0. The van der Waals surface area contributed by atoms with Crippen LogP contribution in [0, 0.1) is 18.3 Å². The Morgan fingerprint density at radius 1 is 1.24 bits per heavy atom. The molecule has 0 unspecified atom stereocenters. The number of hydrogen-bond donors (Lipinski definition) is 1. The second-order valence-electron chi connectivity index (χ2n) is 6.96. The molecule has 0 fully saturated rings. The van der Waals surface area contributed by atoms with E-state index in [2.05, 4.69) is 19.2 Å². The van der Waals surface area contributed by atoms with E-state index in [0.29, 0.717) is 22.0 Å². The van der Waals surface area contributed by atoms with E-state index in [1.54, 1.807) is 36.4 Å². The lowest BCUT2D eigenvalue weighted by Crippen LogP contribution is -2.11. The number of halogens is 1.